The molecule has 0 radical (unpaired) electrons. The summed E-state index contributed by atoms with van der Waals surface area (Å²) in [5, 5.41) is 5.23. The number of hydrogen-bond donors (Lipinski definition) is 2. The fraction of sp³-hybridized carbons (Fsp3) is 0.333. The van der Waals surface area contributed by atoms with Crippen molar-refractivity contribution in [2.24, 2.45) is 5.92 Å². The third kappa shape index (κ3) is 3.01. The molecule has 1 aliphatic rings. The third-order valence-electron chi connectivity index (χ3n) is 2.29. The van der Waals surface area contributed by atoms with Gasteiger partial charge in [-0.2, -0.15) is 0 Å². The SMILES string of the molecule is O=C1CC(C(=O)Nc2ncc(Br)nc2Br)CN1. The van der Waals surface area contributed by atoms with Crippen LogP contribution in [-0.2, 0) is 9.59 Å². The van der Waals surface area contributed by atoms with Crippen LogP contribution in [0.5, 0.6) is 0 Å². The van der Waals surface area contributed by atoms with Gasteiger partial charge in [0.05, 0.1) is 12.1 Å². The molecule has 1 atom stereocenters. The highest BCUT2D eigenvalue weighted by Crippen LogP contribution is 2.20. The molecule has 1 aliphatic heterocycles. The van der Waals surface area contributed by atoms with Crippen molar-refractivity contribution >= 4 is 49.5 Å². The molecule has 0 spiro atoms. The lowest BCUT2D eigenvalue weighted by atomic mass is 10.1. The first-order chi connectivity index (χ1) is 8.06. The van der Waals surface area contributed by atoms with Crippen LogP contribution in [0.25, 0.3) is 0 Å². The molecule has 1 aromatic rings. The van der Waals surface area contributed by atoms with Gasteiger partial charge in [-0.1, -0.05) is 0 Å². The molecule has 17 heavy (non-hydrogen) atoms. The second-order valence-electron chi connectivity index (χ2n) is 3.53. The van der Waals surface area contributed by atoms with E-state index >= 15 is 0 Å². The molecule has 1 aromatic heterocycles. The predicted octanol–water partition coefficient (Wildman–Crippen LogP) is 1.08. The molecule has 90 valence electrons. The van der Waals surface area contributed by atoms with Crippen molar-refractivity contribution in [3.8, 4) is 0 Å². The summed E-state index contributed by atoms with van der Waals surface area (Å²) >= 11 is 6.36. The second-order valence-corrected chi connectivity index (χ2v) is 5.09. The van der Waals surface area contributed by atoms with Crippen molar-refractivity contribution in [3.05, 3.63) is 15.4 Å². The molecular formula is C9H8Br2N4O2. The fourth-order valence-corrected chi connectivity index (χ4v) is 2.35. The Morgan fingerprint density at radius 1 is 1.53 bits per heavy atom. The minimum absolute atomic E-state index is 0.105. The van der Waals surface area contributed by atoms with Crippen molar-refractivity contribution in [2.45, 2.75) is 6.42 Å². The molecule has 0 saturated carbocycles. The molecule has 0 bridgehead atoms. The first kappa shape index (κ1) is 12.4. The van der Waals surface area contributed by atoms with E-state index in [-0.39, 0.29) is 24.2 Å². The Labute approximate surface area is 114 Å². The maximum absolute atomic E-state index is 11.8. The van der Waals surface area contributed by atoms with Gasteiger partial charge in [0.2, 0.25) is 11.8 Å². The number of amides is 2. The highest BCUT2D eigenvalue weighted by Gasteiger charge is 2.28. The van der Waals surface area contributed by atoms with E-state index in [1.807, 2.05) is 0 Å². The number of anilines is 1. The van der Waals surface area contributed by atoms with E-state index in [0.29, 0.717) is 21.6 Å². The molecule has 2 amide bonds. The monoisotopic (exact) mass is 362 g/mol. The minimum Gasteiger partial charge on any atom is -0.355 e. The molecule has 2 rings (SSSR count). The van der Waals surface area contributed by atoms with Gasteiger partial charge in [-0.15, -0.1) is 0 Å². The van der Waals surface area contributed by atoms with Crippen LogP contribution in [0.3, 0.4) is 0 Å². The van der Waals surface area contributed by atoms with E-state index < -0.39 is 0 Å². The summed E-state index contributed by atoms with van der Waals surface area (Å²) in [6, 6.07) is 0. The Morgan fingerprint density at radius 3 is 2.88 bits per heavy atom. The number of halogens is 2. The summed E-state index contributed by atoms with van der Waals surface area (Å²) in [4.78, 5) is 30.8. The lowest BCUT2D eigenvalue weighted by Gasteiger charge is -2.09. The van der Waals surface area contributed by atoms with Gasteiger partial charge >= 0.3 is 0 Å². The van der Waals surface area contributed by atoms with Crippen LogP contribution in [0.1, 0.15) is 6.42 Å². The van der Waals surface area contributed by atoms with Gasteiger partial charge in [-0.05, 0) is 31.9 Å². The molecule has 2 N–H and O–H groups in total. The van der Waals surface area contributed by atoms with Crippen LogP contribution in [0.2, 0.25) is 0 Å². The van der Waals surface area contributed by atoms with Gasteiger partial charge in [-0.25, -0.2) is 9.97 Å². The van der Waals surface area contributed by atoms with Crippen LogP contribution in [0.4, 0.5) is 5.82 Å². The van der Waals surface area contributed by atoms with Gasteiger partial charge in [0.1, 0.15) is 9.21 Å². The number of hydrogen-bond acceptors (Lipinski definition) is 4. The standard InChI is InChI=1S/C9H8Br2N4O2/c10-5-3-13-8(7(11)14-5)15-9(17)4-1-6(16)12-2-4/h3-4H,1-2H2,(H,12,16)(H,13,15,17). The van der Waals surface area contributed by atoms with E-state index in [1.165, 1.54) is 6.20 Å². The molecule has 1 saturated heterocycles. The average molecular weight is 364 g/mol. The first-order valence-corrected chi connectivity index (χ1v) is 6.40. The Balaban J connectivity index is 2.05. The number of carbonyl (C=O) groups excluding carboxylic acids is 2. The maximum Gasteiger partial charge on any atom is 0.231 e. The Kier molecular flexibility index (Phi) is 3.72. The predicted molar refractivity (Wildman–Crippen MR) is 67.2 cm³/mol. The smallest absolute Gasteiger partial charge is 0.231 e. The van der Waals surface area contributed by atoms with Crippen LogP contribution in [0.15, 0.2) is 15.4 Å². The normalized spacial score (nSPS) is 18.9. The molecule has 2 heterocycles. The van der Waals surface area contributed by atoms with Crippen molar-refractivity contribution < 1.29 is 9.59 Å². The first-order valence-electron chi connectivity index (χ1n) is 4.82. The summed E-state index contributed by atoms with van der Waals surface area (Å²) in [5.74, 6) is -0.343. The van der Waals surface area contributed by atoms with E-state index in [2.05, 4.69) is 52.5 Å². The van der Waals surface area contributed by atoms with E-state index in [1.54, 1.807) is 0 Å². The van der Waals surface area contributed by atoms with Crippen LogP contribution in [0, 0.1) is 5.92 Å². The van der Waals surface area contributed by atoms with Crippen molar-refractivity contribution in [3.63, 3.8) is 0 Å². The van der Waals surface area contributed by atoms with Gasteiger partial charge in [0, 0.05) is 13.0 Å². The molecule has 1 unspecified atom stereocenters. The average Bonchev–Trinajstić information content (AvgIpc) is 2.69. The number of rotatable bonds is 2. The number of nitrogens with one attached hydrogen (secondary N) is 2. The molecule has 0 aliphatic carbocycles. The zero-order valence-corrected chi connectivity index (χ0v) is 11.7. The number of carbonyl (C=O) groups is 2. The van der Waals surface area contributed by atoms with Crippen LogP contribution in [-0.4, -0.2) is 28.3 Å². The Hall–Kier alpha value is -1.02. The molecule has 8 heteroatoms. The van der Waals surface area contributed by atoms with Crippen molar-refractivity contribution in [2.75, 3.05) is 11.9 Å². The third-order valence-corrected chi connectivity index (χ3v) is 3.23. The lowest BCUT2D eigenvalue weighted by Crippen LogP contribution is -2.25. The molecular weight excluding hydrogens is 356 g/mol. The summed E-state index contributed by atoms with van der Waals surface area (Å²) in [6.07, 6.45) is 1.70. The highest BCUT2D eigenvalue weighted by molar-refractivity contribution is 9.11. The highest BCUT2D eigenvalue weighted by atomic mass is 79.9. The van der Waals surface area contributed by atoms with Crippen LogP contribution < -0.4 is 10.6 Å². The van der Waals surface area contributed by atoms with Crippen molar-refractivity contribution in [1.29, 1.82) is 0 Å². The number of nitrogens with zero attached hydrogens (tertiary/aromatic N) is 2. The Bertz CT molecular complexity index is 480. The van der Waals surface area contributed by atoms with Gasteiger partial charge in [0.25, 0.3) is 0 Å². The minimum atomic E-state index is -0.347. The molecule has 6 nitrogen and oxygen atoms in total. The zero-order chi connectivity index (χ0) is 12.4. The summed E-state index contributed by atoms with van der Waals surface area (Å²) < 4.78 is 1.01. The van der Waals surface area contributed by atoms with Gasteiger partial charge < -0.3 is 10.6 Å². The van der Waals surface area contributed by atoms with E-state index in [4.69, 9.17) is 0 Å². The molecule has 0 aromatic carbocycles. The lowest BCUT2D eigenvalue weighted by molar-refractivity contribution is -0.123. The largest absolute Gasteiger partial charge is 0.355 e. The van der Waals surface area contributed by atoms with E-state index in [9.17, 15) is 9.59 Å². The molecule has 1 fully saturated rings. The van der Waals surface area contributed by atoms with Crippen LogP contribution >= 0.6 is 31.9 Å². The topological polar surface area (TPSA) is 84.0 Å². The summed E-state index contributed by atoms with van der Waals surface area (Å²) in [7, 11) is 0. The van der Waals surface area contributed by atoms with Gasteiger partial charge in [0.15, 0.2) is 5.82 Å². The van der Waals surface area contributed by atoms with Crippen molar-refractivity contribution in [1.82, 2.24) is 15.3 Å². The second kappa shape index (κ2) is 5.09. The summed E-state index contributed by atoms with van der Waals surface area (Å²) in [6.45, 7) is 0.367. The van der Waals surface area contributed by atoms with E-state index in [0.717, 1.165) is 0 Å². The Morgan fingerprint density at radius 2 is 2.29 bits per heavy atom. The number of aromatic nitrogens is 2. The fourth-order valence-electron chi connectivity index (χ4n) is 1.44. The summed E-state index contributed by atoms with van der Waals surface area (Å²) in [5.41, 5.74) is 0. The maximum atomic E-state index is 11.8. The quantitative estimate of drug-likeness (QED) is 0.823. The van der Waals surface area contributed by atoms with Gasteiger partial charge in [-0.3, -0.25) is 9.59 Å². The zero-order valence-electron chi connectivity index (χ0n) is 8.54.